The molecule has 0 aliphatic heterocycles. The van der Waals surface area contributed by atoms with Gasteiger partial charge in [0.1, 0.15) is 0 Å². The van der Waals surface area contributed by atoms with Gasteiger partial charge in [0.25, 0.3) is 0 Å². The van der Waals surface area contributed by atoms with Crippen LogP contribution < -0.4 is 0 Å². The number of hydrogen-bond acceptors (Lipinski definition) is 3. The summed E-state index contributed by atoms with van der Waals surface area (Å²) in [7, 11) is 0. The summed E-state index contributed by atoms with van der Waals surface area (Å²) in [6.45, 7) is 4.43. The topological polar surface area (TPSA) is 0 Å². The highest BCUT2D eigenvalue weighted by Gasteiger charge is 2.14. The van der Waals surface area contributed by atoms with Gasteiger partial charge in [0.2, 0.25) is 0 Å². The molecule has 0 nitrogen and oxygen atoms in total. The summed E-state index contributed by atoms with van der Waals surface area (Å²) >= 11 is 10.7. The Morgan fingerprint density at radius 3 is 1.69 bits per heavy atom. The third-order valence-corrected chi connectivity index (χ3v) is 7.58. The average molecular weight is 456 g/mol. The van der Waals surface area contributed by atoms with Crippen LogP contribution in [0, 0.1) is 5.77 Å². The zero-order chi connectivity index (χ0) is 9.84. The summed E-state index contributed by atoms with van der Waals surface area (Å²) in [6.07, 6.45) is 0. The third kappa shape index (κ3) is 3.42. The molecular weight excluding hydrogens is 446 g/mol. The van der Waals surface area contributed by atoms with E-state index < -0.39 is 0 Å². The average Bonchev–Trinajstić information content (AvgIpc) is 2.33. The van der Waals surface area contributed by atoms with E-state index in [2.05, 4.69) is 59.0 Å². The van der Waals surface area contributed by atoms with Crippen molar-refractivity contribution < 1.29 is 0 Å². The smallest absolute Gasteiger partial charge is 0.0812 e. The lowest BCUT2D eigenvalue weighted by atomic mass is 10.7. The van der Waals surface area contributed by atoms with Gasteiger partial charge in [-0.2, -0.15) is 0 Å². The summed E-state index contributed by atoms with van der Waals surface area (Å²) in [5.41, 5.74) is 0. The van der Waals surface area contributed by atoms with Crippen LogP contribution in [0.25, 0.3) is 0 Å². The first-order valence-corrected chi connectivity index (χ1v) is 8.88. The molecule has 1 aromatic rings. The van der Waals surface area contributed by atoms with E-state index in [-0.39, 0.29) is 0 Å². The number of hydrogen-bond donors (Lipinski definition) is 0. The van der Waals surface area contributed by atoms with Crippen molar-refractivity contribution >= 4 is 80.0 Å². The summed E-state index contributed by atoms with van der Waals surface area (Å²) in [6, 6.07) is 0. The Labute approximate surface area is 119 Å². The van der Waals surface area contributed by atoms with Crippen LogP contribution in [0.15, 0.2) is 9.79 Å². The van der Waals surface area contributed by atoms with Crippen molar-refractivity contribution in [1.82, 2.24) is 0 Å². The minimum atomic E-state index is 1.17. The molecule has 0 amide bonds. The zero-order valence-corrected chi connectivity index (χ0v) is 14.2. The van der Waals surface area contributed by atoms with E-state index >= 15 is 0 Å². The second-order valence-corrected chi connectivity index (χ2v) is 9.36. The molecule has 0 N–H and O–H groups in total. The molecule has 0 fully saturated rings. The van der Waals surface area contributed by atoms with Gasteiger partial charge in [-0.1, -0.05) is 13.8 Å². The molecule has 0 aromatic carbocycles. The summed E-state index contributed by atoms with van der Waals surface area (Å²) in [4.78, 5) is 3.01. The van der Waals surface area contributed by atoms with Crippen molar-refractivity contribution in [1.29, 1.82) is 0 Å². The van der Waals surface area contributed by atoms with Gasteiger partial charge >= 0.3 is 0 Å². The van der Waals surface area contributed by atoms with Crippen molar-refractivity contribution in [3.8, 4) is 0 Å². The van der Waals surface area contributed by atoms with E-state index in [1.54, 1.807) is 0 Å². The van der Waals surface area contributed by atoms with Crippen LogP contribution in [0.4, 0.5) is 0 Å². The van der Waals surface area contributed by atoms with Crippen LogP contribution >= 0.6 is 80.0 Å². The van der Waals surface area contributed by atoms with Crippen LogP contribution in [0.5, 0.6) is 0 Å². The molecule has 1 heterocycles. The summed E-state index contributed by atoms with van der Waals surface area (Å²) < 4.78 is 2.90. The monoisotopic (exact) mass is 456 g/mol. The highest BCUT2D eigenvalue weighted by Crippen LogP contribution is 2.43. The second kappa shape index (κ2) is 6.44. The molecule has 74 valence electrons. The van der Waals surface area contributed by atoms with Crippen LogP contribution in [-0.4, -0.2) is 11.5 Å². The number of rotatable bonds is 4. The van der Waals surface area contributed by atoms with E-state index in [0.29, 0.717) is 0 Å². The SMILES string of the molecule is CCSc1c(I)sc(I)c1SCC. The molecule has 0 saturated carbocycles. The van der Waals surface area contributed by atoms with Crippen LogP contribution in [-0.2, 0) is 0 Å². The largest absolute Gasteiger partial charge is 0.123 e. The van der Waals surface area contributed by atoms with Crippen molar-refractivity contribution in [2.45, 2.75) is 23.6 Å². The molecule has 0 unspecified atom stereocenters. The van der Waals surface area contributed by atoms with Crippen LogP contribution in [0.3, 0.4) is 0 Å². The van der Waals surface area contributed by atoms with E-state index in [0.717, 1.165) is 0 Å². The Morgan fingerprint density at radius 2 is 1.38 bits per heavy atom. The van der Waals surface area contributed by atoms with Crippen LogP contribution in [0.1, 0.15) is 13.8 Å². The van der Waals surface area contributed by atoms with Gasteiger partial charge in [-0.05, 0) is 56.7 Å². The Kier molecular flexibility index (Phi) is 6.41. The highest BCUT2D eigenvalue weighted by atomic mass is 127. The fourth-order valence-electron chi connectivity index (χ4n) is 0.883. The minimum absolute atomic E-state index is 1.17. The van der Waals surface area contributed by atoms with Gasteiger partial charge in [-0.25, -0.2) is 0 Å². The summed E-state index contributed by atoms with van der Waals surface area (Å²) in [5.74, 6) is 2.33. The maximum Gasteiger partial charge on any atom is 0.0812 e. The third-order valence-electron chi connectivity index (χ3n) is 1.32. The van der Waals surface area contributed by atoms with Gasteiger partial charge in [0, 0.05) is 9.79 Å². The van der Waals surface area contributed by atoms with Gasteiger partial charge in [0.15, 0.2) is 0 Å². The first-order valence-electron chi connectivity index (χ1n) is 3.94. The lowest BCUT2D eigenvalue weighted by Crippen LogP contribution is -1.78. The van der Waals surface area contributed by atoms with Crippen molar-refractivity contribution in [3.63, 3.8) is 0 Å². The number of thioether (sulfide) groups is 2. The van der Waals surface area contributed by atoms with Gasteiger partial charge < -0.3 is 0 Å². The molecule has 0 aliphatic carbocycles. The molecule has 0 saturated heterocycles. The fourth-order valence-corrected chi connectivity index (χ4v) is 8.21. The van der Waals surface area contributed by atoms with Gasteiger partial charge in [0.05, 0.1) is 5.77 Å². The fraction of sp³-hybridized carbons (Fsp3) is 0.500. The second-order valence-electron chi connectivity index (χ2n) is 2.17. The molecule has 0 aliphatic rings. The lowest BCUT2D eigenvalue weighted by Gasteiger charge is -2.01. The quantitative estimate of drug-likeness (QED) is 0.453. The standard InChI is InChI=1S/C8H10I2S3/c1-3-11-5-6(12-4-2)8(10)13-7(5)9/h3-4H2,1-2H3. The molecule has 1 rings (SSSR count). The highest BCUT2D eigenvalue weighted by molar-refractivity contribution is 14.1. The minimum Gasteiger partial charge on any atom is -0.123 e. The van der Waals surface area contributed by atoms with Crippen molar-refractivity contribution in [2.24, 2.45) is 0 Å². The maximum atomic E-state index is 2.45. The van der Waals surface area contributed by atoms with Gasteiger partial charge in [-0.3, -0.25) is 0 Å². The Bertz CT molecular complexity index is 257. The maximum absolute atomic E-state index is 2.45. The van der Waals surface area contributed by atoms with E-state index in [9.17, 15) is 0 Å². The Morgan fingerprint density at radius 1 is 1.00 bits per heavy atom. The number of halogens is 2. The molecule has 5 heteroatoms. The van der Waals surface area contributed by atoms with E-state index in [1.807, 2.05) is 34.9 Å². The first-order chi connectivity index (χ1) is 6.20. The summed E-state index contributed by atoms with van der Waals surface area (Å²) in [5, 5.41) is 0. The van der Waals surface area contributed by atoms with E-state index in [1.165, 1.54) is 27.1 Å². The predicted molar refractivity (Wildman–Crippen MR) is 82.5 cm³/mol. The number of thiophene rings is 1. The van der Waals surface area contributed by atoms with Crippen LogP contribution in [0.2, 0.25) is 0 Å². The normalized spacial score (nSPS) is 10.8. The van der Waals surface area contributed by atoms with Crippen molar-refractivity contribution in [2.75, 3.05) is 11.5 Å². The molecule has 0 radical (unpaired) electrons. The lowest BCUT2D eigenvalue weighted by molar-refractivity contribution is 1.27. The Hall–Kier alpha value is 1.86. The molecule has 13 heavy (non-hydrogen) atoms. The van der Waals surface area contributed by atoms with E-state index in [4.69, 9.17) is 0 Å². The molecule has 0 spiro atoms. The molecular formula is C8H10I2S3. The van der Waals surface area contributed by atoms with Crippen molar-refractivity contribution in [3.05, 3.63) is 5.77 Å². The zero-order valence-electron chi connectivity index (χ0n) is 7.39. The Balaban J connectivity index is 2.98. The first kappa shape index (κ1) is 12.9. The molecule has 1 aromatic heterocycles. The molecule has 0 bridgehead atoms. The van der Waals surface area contributed by atoms with Gasteiger partial charge in [-0.15, -0.1) is 34.9 Å². The molecule has 0 atom stereocenters. The predicted octanol–water partition coefficient (Wildman–Crippen LogP) is 5.18.